The fourth-order valence-electron chi connectivity index (χ4n) is 3.00. The Morgan fingerprint density at radius 2 is 2.12 bits per heavy atom. The highest BCUT2D eigenvalue weighted by atomic mass is 19.1. The number of nitrogens with zero attached hydrogens (tertiary/aromatic N) is 1. The number of urea groups is 1. The Hall–Kier alpha value is -2.31. The number of amides is 2. The van der Waals surface area contributed by atoms with Crippen LogP contribution >= 0.6 is 0 Å². The van der Waals surface area contributed by atoms with Gasteiger partial charge in [0, 0.05) is 13.1 Å². The molecule has 0 aliphatic carbocycles. The topological polar surface area (TPSA) is 78.9 Å². The summed E-state index contributed by atoms with van der Waals surface area (Å²) >= 11 is 0. The lowest BCUT2D eigenvalue weighted by Gasteiger charge is -2.35. The standard InChI is InChI=1S/C18H25FN2O4/c1-3-14(25-16-7-5-4-6-15(16)19)9-20-18(24)21-10-12(2)8-13(11-21)17(22)23/h4-7,12-14H,3,8-11H2,1-2H3,(H,20,24)(H,22,23). The molecule has 0 radical (unpaired) electrons. The molecule has 1 saturated heterocycles. The van der Waals surface area contributed by atoms with Crippen molar-refractivity contribution in [2.75, 3.05) is 19.6 Å². The number of carbonyl (C=O) groups is 2. The first-order valence-electron chi connectivity index (χ1n) is 8.57. The van der Waals surface area contributed by atoms with Gasteiger partial charge in [-0.15, -0.1) is 0 Å². The van der Waals surface area contributed by atoms with Gasteiger partial charge in [-0.25, -0.2) is 9.18 Å². The Balaban J connectivity index is 1.89. The van der Waals surface area contributed by atoms with Gasteiger partial charge in [0.15, 0.2) is 11.6 Å². The first-order valence-corrected chi connectivity index (χ1v) is 8.57. The largest absolute Gasteiger partial charge is 0.486 e. The zero-order valence-electron chi connectivity index (χ0n) is 14.6. The maximum atomic E-state index is 13.7. The Bertz CT molecular complexity index is 610. The van der Waals surface area contributed by atoms with Gasteiger partial charge in [0.05, 0.1) is 12.5 Å². The summed E-state index contributed by atoms with van der Waals surface area (Å²) in [5, 5.41) is 12.0. The second kappa shape index (κ2) is 8.69. The van der Waals surface area contributed by atoms with E-state index in [0.29, 0.717) is 19.4 Å². The van der Waals surface area contributed by atoms with Gasteiger partial charge < -0.3 is 20.1 Å². The molecule has 25 heavy (non-hydrogen) atoms. The fourth-order valence-corrected chi connectivity index (χ4v) is 3.00. The van der Waals surface area contributed by atoms with E-state index in [4.69, 9.17) is 4.74 Å². The van der Waals surface area contributed by atoms with Crippen molar-refractivity contribution in [3.8, 4) is 5.75 Å². The van der Waals surface area contributed by atoms with Crippen LogP contribution in [0.3, 0.4) is 0 Å². The molecule has 1 aliphatic heterocycles. The summed E-state index contributed by atoms with van der Waals surface area (Å²) in [5.41, 5.74) is 0. The first-order chi connectivity index (χ1) is 11.9. The van der Waals surface area contributed by atoms with Crippen LogP contribution in [0.4, 0.5) is 9.18 Å². The molecule has 1 aromatic rings. The fraction of sp³-hybridized carbons (Fsp3) is 0.556. The van der Waals surface area contributed by atoms with Gasteiger partial charge in [0.25, 0.3) is 0 Å². The zero-order valence-corrected chi connectivity index (χ0v) is 14.6. The second-order valence-electron chi connectivity index (χ2n) is 6.55. The van der Waals surface area contributed by atoms with Crippen LogP contribution in [-0.4, -0.2) is 47.7 Å². The van der Waals surface area contributed by atoms with E-state index in [-0.39, 0.29) is 36.9 Å². The quantitative estimate of drug-likeness (QED) is 0.825. The third kappa shape index (κ3) is 5.34. The monoisotopic (exact) mass is 352 g/mol. The lowest BCUT2D eigenvalue weighted by Crippen LogP contribution is -2.51. The third-order valence-electron chi connectivity index (χ3n) is 4.36. The highest BCUT2D eigenvalue weighted by Gasteiger charge is 2.32. The van der Waals surface area contributed by atoms with Crippen molar-refractivity contribution in [3.63, 3.8) is 0 Å². The Kier molecular flexibility index (Phi) is 6.61. The number of para-hydroxylation sites is 1. The molecule has 0 aromatic heterocycles. The summed E-state index contributed by atoms with van der Waals surface area (Å²) in [6.45, 7) is 4.79. The van der Waals surface area contributed by atoms with E-state index in [1.54, 1.807) is 18.2 Å². The van der Waals surface area contributed by atoms with Crippen molar-refractivity contribution in [1.29, 1.82) is 0 Å². The predicted octanol–water partition coefficient (Wildman–Crippen LogP) is 2.74. The van der Waals surface area contributed by atoms with E-state index < -0.39 is 17.7 Å². The molecule has 1 aliphatic rings. The number of benzene rings is 1. The summed E-state index contributed by atoms with van der Waals surface area (Å²) in [4.78, 5) is 25.1. The van der Waals surface area contributed by atoms with Crippen LogP contribution in [-0.2, 0) is 4.79 Å². The van der Waals surface area contributed by atoms with Crippen molar-refractivity contribution >= 4 is 12.0 Å². The number of nitrogens with one attached hydrogen (secondary N) is 1. The minimum Gasteiger partial charge on any atom is -0.486 e. The van der Waals surface area contributed by atoms with Gasteiger partial charge in [0.2, 0.25) is 0 Å². The molecule has 1 aromatic carbocycles. The maximum Gasteiger partial charge on any atom is 0.317 e. The number of carboxylic acids is 1. The Labute approximate surface area is 147 Å². The molecule has 0 spiro atoms. The maximum absolute atomic E-state index is 13.7. The summed E-state index contributed by atoms with van der Waals surface area (Å²) in [5.74, 6) is -1.57. The smallest absolute Gasteiger partial charge is 0.317 e. The van der Waals surface area contributed by atoms with Crippen LogP contribution in [0.2, 0.25) is 0 Å². The Morgan fingerprint density at radius 1 is 1.40 bits per heavy atom. The third-order valence-corrected chi connectivity index (χ3v) is 4.36. The van der Waals surface area contributed by atoms with Crippen LogP contribution in [0, 0.1) is 17.7 Å². The molecule has 1 fully saturated rings. The van der Waals surface area contributed by atoms with Crippen molar-refractivity contribution < 1.29 is 23.8 Å². The number of aliphatic carboxylic acids is 1. The van der Waals surface area contributed by atoms with Gasteiger partial charge in [-0.05, 0) is 30.9 Å². The molecule has 6 nitrogen and oxygen atoms in total. The molecule has 7 heteroatoms. The molecule has 1 heterocycles. The van der Waals surface area contributed by atoms with Crippen molar-refractivity contribution in [2.24, 2.45) is 11.8 Å². The average Bonchev–Trinajstić information content (AvgIpc) is 2.59. The van der Waals surface area contributed by atoms with Gasteiger partial charge >= 0.3 is 12.0 Å². The summed E-state index contributed by atoms with van der Waals surface area (Å²) in [7, 11) is 0. The molecule has 3 unspecified atom stereocenters. The number of rotatable bonds is 6. The van der Waals surface area contributed by atoms with E-state index in [2.05, 4.69) is 5.32 Å². The molecular formula is C18H25FN2O4. The molecule has 2 N–H and O–H groups in total. The molecule has 0 saturated carbocycles. The van der Waals surface area contributed by atoms with Crippen LogP contribution in [0.1, 0.15) is 26.7 Å². The summed E-state index contributed by atoms with van der Waals surface area (Å²) < 4.78 is 19.3. The molecule has 0 bridgehead atoms. The lowest BCUT2D eigenvalue weighted by molar-refractivity contribution is -0.143. The van der Waals surface area contributed by atoms with Gasteiger partial charge in [-0.2, -0.15) is 0 Å². The number of ether oxygens (including phenoxy) is 1. The molecule has 3 atom stereocenters. The van der Waals surface area contributed by atoms with Gasteiger partial charge in [-0.1, -0.05) is 26.0 Å². The first kappa shape index (κ1) is 19.0. The molecule has 2 rings (SSSR count). The normalized spacial score (nSPS) is 21.5. The number of hydrogen-bond acceptors (Lipinski definition) is 3. The number of piperidine rings is 1. The van der Waals surface area contributed by atoms with Crippen molar-refractivity contribution in [1.82, 2.24) is 10.2 Å². The highest BCUT2D eigenvalue weighted by molar-refractivity contribution is 5.76. The van der Waals surface area contributed by atoms with E-state index in [1.807, 2.05) is 13.8 Å². The number of hydrogen-bond donors (Lipinski definition) is 2. The van der Waals surface area contributed by atoms with Gasteiger partial charge in [0.1, 0.15) is 6.10 Å². The van der Waals surface area contributed by atoms with Crippen molar-refractivity contribution in [2.45, 2.75) is 32.8 Å². The lowest BCUT2D eigenvalue weighted by atomic mass is 9.91. The SMILES string of the molecule is CCC(CNC(=O)N1CC(C)CC(C(=O)O)C1)Oc1ccccc1F. The van der Waals surface area contributed by atoms with Crippen LogP contribution in [0.25, 0.3) is 0 Å². The number of halogens is 1. The van der Waals surface area contributed by atoms with Crippen LogP contribution < -0.4 is 10.1 Å². The van der Waals surface area contributed by atoms with Crippen molar-refractivity contribution in [3.05, 3.63) is 30.1 Å². The van der Waals surface area contributed by atoms with Gasteiger partial charge in [-0.3, -0.25) is 4.79 Å². The number of carboxylic acid groups (broad SMARTS) is 1. The minimum absolute atomic E-state index is 0.136. The van der Waals surface area contributed by atoms with Crippen LogP contribution in [0.5, 0.6) is 5.75 Å². The Morgan fingerprint density at radius 3 is 2.76 bits per heavy atom. The predicted molar refractivity (Wildman–Crippen MR) is 91.0 cm³/mol. The summed E-state index contributed by atoms with van der Waals surface area (Å²) in [6.07, 6.45) is 0.814. The van der Waals surface area contributed by atoms with Crippen LogP contribution in [0.15, 0.2) is 24.3 Å². The zero-order chi connectivity index (χ0) is 18.4. The minimum atomic E-state index is -0.876. The van der Waals surface area contributed by atoms with E-state index in [1.165, 1.54) is 11.0 Å². The molecule has 2 amide bonds. The highest BCUT2D eigenvalue weighted by Crippen LogP contribution is 2.22. The molecule has 138 valence electrons. The van der Waals surface area contributed by atoms with E-state index >= 15 is 0 Å². The molecular weight excluding hydrogens is 327 g/mol. The summed E-state index contributed by atoms with van der Waals surface area (Å²) in [6, 6.07) is 5.82. The average molecular weight is 352 g/mol. The second-order valence-corrected chi connectivity index (χ2v) is 6.55. The van der Waals surface area contributed by atoms with E-state index in [9.17, 15) is 19.1 Å². The number of carbonyl (C=O) groups excluding carboxylic acids is 1. The van der Waals surface area contributed by atoms with E-state index in [0.717, 1.165) is 0 Å². The number of likely N-dealkylation sites (tertiary alicyclic amines) is 1.